The third-order valence-corrected chi connectivity index (χ3v) is 4.66. The Kier molecular flexibility index (Phi) is 4.27. The first-order chi connectivity index (χ1) is 10.1. The first kappa shape index (κ1) is 14.6. The SMILES string of the molecule is C[C@H](NC1CC(c2ccccc2Cl)C1)c1cccc(F)c1. The van der Waals surface area contributed by atoms with E-state index in [0.29, 0.717) is 12.0 Å². The highest BCUT2D eigenvalue weighted by Gasteiger charge is 2.32. The van der Waals surface area contributed by atoms with Crippen LogP contribution in [0.3, 0.4) is 0 Å². The molecule has 1 aliphatic rings. The number of benzene rings is 2. The maximum Gasteiger partial charge on any atom is 0.123 e. The highest BCUT2D eigenvalue weighted by Crippen LogP contribution is 2.40. The van der Waals surface area contributed by atoms with Gasteiger partial charge in [0.15, 0.2) is 0 Å². The summed E-state index contributed by atoms with van der Waals surface area (Å²) in [6.45, 7) is 2.08. The van der Waals surface area contributed by atoms with Gasteiger partial charge < -0.3 is 5.32 Å². The molecule has 0 aliphatic heterocycles. The predicted molar refractivity (Wildman–Crippen MR) is 85.2 cm³/mol. The average molecular weight is 304 g/mol. The number of hydrogen-bond donors (Lipinski definition) is 1. The number of hydrogen-bond acceptors (Lipinski definition) is 1. The van der Waals surface area contributed by atoms with Crippen LogP contribution >= 0.6 is 11.6 Å². The van der Waals surface area contributed by atoms with Gasteiger partial charge in [-0.05, 0) is 55.0 Å². The molecule has 1 atom stereocenters. The van der Waals surface area contributed by atoms with Crippen molar-refractivity contribution in [3.63, 3.8) is 0 Å². The third-order valence-electron chi connectivity index (χ3n) is 4.32. The van der Waals surface area contributed by atoms with Gasteiger partial charge in [0.05, 0.1) is 0 Å². The second-order valence-electron chi connectivity index (χ2n) is 5.83. The van der Waals surface area contributed by atoms with E-state index in [1.54, 1.807) is 12.1 Å². The Balaban J connectivity index is 1.56. The first-order valence-corrected chi connectivity index (χ1v) is 7.77. The summed E-state index contributed by atoms with van der Waals surface area (Å²) in [7, 11) is 0. The van der Waals surface area contributed by atoms with Crippen LogP contribution in [0.2, 0.25) is 5.02 Å². The quantitative estimate of drug-likeness (QED) is 0.831. The Bertz CT molecular complexity index is 622. The van der Waals surface area contributed by atoms with Crippen LogP contribution in [0.15, 0.2) is 48.5 Å². The standard InChI is InChI=1S/C18H19ClFN/c1-12(13-5-4-6-15(20)9-13)21-16-10-14(11-16)17-7-2-3-8-18(17)19/h2-9,12,14,16,21H,10-11H2,1H3/t12-,14?,16?/m0/s1. The smallest absolute Gasteiger partial charge is 0.123 e. The Labute approximate surface area is 130 Å². The van der Waals surface area contributed by atoms with E-state index < -0.39 is 0 Å². The van der Waals surface area contributed by atoms with Gasteiger partial charge in [0.1, 0.15) is 5.82 Å². The molecule has 1 fully saturated rings. The van der Waals surface area contributed by atoms with Crippen molar-refractivity contribution in [3.8, 4) is 0 Å². The summed E-state index contributed by atoms with van der Waals surface area (Å²) >= 11 is 6.24. The normalized spacial score (nSPS) is 22.6. The fraction of sp³-hybridized carbons (Fsp3) is 0.333. The second-order valence-corrected chi connectivity index (χ2v) is 6.24. The molecule has 0 aromatic heterocycles. The zero-order valence-corrected chi connectivity index (χ0v) is 12.8. The van der Waals surface area contributed by atoms with Gasteiger partial charge in [-0.3, -0.25) is 0 Å². The molecule has 0 spiro atoms. The van der Waals surface area contributed by atoms with Crippen molar-refractivity contribution in [3.05, 3.63) is 70.5 Å². The molecule has 1 N–H and O–H groups in total. The molecule has 2 aromatic rings. The molecule has 0 radical (unpaired) electrons. The summed E-state index contributed by atoms with van der Waals surface area (Å²) in [6.07, 6.45) is 2.17. The second kappa shape index (κ2) is 6.17. The van der Waals surface area contributed by atoms with Gasteiger partial charge in [-0.2, -0.15) is 0 Å². The van der Waals surface area contributed by atoms with Crippen LogP contribution in [0.25, 0.3) is 0 Å². The lowest BCUT2D eigenvalue weighted by Crippen LogP contribution is -2.41. The minimum atomic E-state index is -0.177. The van der Waals surface area contributed by atoms with Crippen LogP contribution in [0.1, 0.15) is 42.9 Å². The summed E-state index contributed by atoms with van der Waals surface area (Å²) < 4.78 is 13.2. The molecule has 0 amide bonds. The summed E-state index contributed by atoms with van der Waals surface area (Å²) in [5.74, 6) is 0.361. The molecule has 0 unspecified atom stereocenters. The van der Waals surface area contributed by atoms with E-state index in [0.717, 1.165) is 23.4 Å². The van der Waals surface area contributed by atoms with Crippen molar-refractivity contribution >= 4 is 11.6 Å². The van der Waals surface area contributed by atoms with Crippen molar-refractivity contribution in [2.24, 2.45) is 0 Å². The zero-order valence-electron chi connectivity index (χ0n) is 12.0. The van der Waals surface area contributed by atoms with Gasteiger partial charge >= 0.3 is 0 Å². The molecule has 0 heterocycles. The van der Waals surface area contributed by atoms with Crippen molar-refractivity contribution in [1.29, 1.82) is 0 Å². The zero-order chi connectivity index (χ0) is 14.8. The highest BCUT2D eigenvalue weighted by molar-refractivity contribution is 6.31. The molecule has 1 nitrogen and oxygen atoms in total. The predicted octanol–water partition coefficient (Wildman–Crippen LogP) is 5.08. The largest absolute Gasteiger partial charge is 0.307 e. The monoisotopic (exact) mass is 303 g/mol. The maximum absolute atomic E-state index is 13.2. The molecular formula is C18H19ClFN. The fourth-order valence-corrected chi connectivity index (χ4v) is 3.33. The van der Waals surface area contributed by atoms with Crippen molar-refractivity contribution in [2.45, 2.75) is 37.8 Å². The molecular weight excluding hydrogens is 285 g/mol. The molecule has 110 valence electrons. The number of nitrogens with one attached hydrogen (secondary N) is 1. The van der Waals surface area contributed by atoms with E-state index in [9.17, 15) is 4.39 Å². The van der Waals surface area contributed by atoms with E-state index in [2.05, 4.69) is 18.3 Å². The van der Waals surface area contributed by atoms with Crippen molar-refractivity contribution in [2.75, 3.05) is 0 Å². The van der Waals surface area contributed by atoms with E-state index in [-0.39, 0.29) is 11.9 Å². The Hall–Kier alpha value is -1.38. The van der Waals surface area contributed by atoms with Crippen molar-refractivity contribution < 1.29 is 4.39 Å². The lowest BCUT2D eigenvalue weighted by molar-refractivity contribution is 0.271. The van der Waals surface area contributed by atoms with Crippen LogP contribution in [0.5, 0.6) is 0 Å². The van der Waals surface area contributed by atoms with Gasteiger partial charge in [0.2, 0.25) is 0 Å². The Morgan fingerprint density at radius 3 is 2.62 bits per heavy atom. The van der Waals surface area contributed by atoms with Gasteiger partial charge in [0, 0.05) is 17.1 Å². The Morgan fingerprint density at radius 1 is 1.14 bits per heavy atom. The number of halogens is 2. The lowest BCUT2D eigenvalue weighted by Gasteiger charge is -2.38. The molecule has 1 aliphatic carbocycles. The molecule has 1 saturated carbocycles. The summed E-state index contributed by atoms with van der Waals surface area (Å²) in [4.78, 5) is 0. The molecule has 3 rings (SSSR count). The van der Waals surface area contributed by atoms with Gasteiger partial charge in [0.25, 0.3) is 0 Å². The molecule has 21 heavy (non-hydrogen) atoms. The molecule has 0 saturated heterocycles. The third kappa shape index (κ3) is 3.28. The van der Waals surface area contributed by atoms with E-state index in [4.69, 9.17) is 11.6 Å². The number of rotatable bonds is 4. The van der Waals surface area contributed by atoms with E-state index in [1.165, 1.54) is 11.6 Å². The van der Waals surface area contributed by atoms with Crippen LogP contribution in [0.4, 0.5) is 4.39 Å². The average Bonchev–Trinajstić information content (AvgIpc) is 2.43. The highest BCUT2D eigenvalue weighted by atomic mass is 35.5. The summed E-state index contributed by atoms with van der Waals surface area (Å²) in [5.41, 5.74) is 2.24. The van der Waals surface area contributed by atoms with Crippen LogP contribution in [-0.4, -0.2) is 6.04 Å². The summed E-state index contributed by atoms with van der Waals surface area (Å²) in [6, 6.07) is 15.5. The molecule has 3 heteroatoms. The van der Waals surface area contributed by atoms with Crippen LogP contribution in [-0.2, 0) is 0 Å². The Morgan fingerprint density at radius 2 is 1.90 bits per heavy atom. The van der Waals surface area contributed by atoms with Crippen molar-refractivity contribution in [1.82, 2.24) is 5.32 Å². The maximum atomic E-state index is 13.2. The van der Waals surface area contributed by atoms with Gasteiger partial charge in [-0.15, -0.1) is 0 Å². The minimum absolute atomic E-state index is 0.165. The van der Waals surface area contributed by atoms with Gasteiger partial charge in [-0.1, -0.05) is 41.9 Å². The fourth-order valence-electron chi connectivity index (χ4n) is 3.04. The van der Waals surface area contributed by atoms with Crippen LogP contribution in [0, 0.1) is 5.82 Å². The molecule has 0 bridgehead atoms. The van der Waals surface area contributed by atoms with Crippen LogP contribution < -0.4 is 5.32 Å². The van der Waals surface area contributed by atoms with E-state index >= 15 is 0 Å². The lowest BCUT2D eigenvalue weighted by atomic mass is 9.75. The summed E-state index contributed by atoms with van der Waals surface area (Å²) in [5, 5.41) is 4.43. The first-order valence-electron chi connectivity index (χ1n) is 7.39. The minimum Gasteiger partial charge on any atom is -0.307 e. The topological polar surface area (TPSA) is 12.0 Å². The van der Waals surface area contributed by atoms with E-state index in [1.807, 2.05) is 24.3 Å². The molecule has 2 aromatic carbocycles. The van der Waals surface area contributed by atoms with Gasteiger partial charge in [-0.25, -0.2) is 4.39 Å².